The van der Waals surface area contributed by atoms with Crippen molar-refractivity contribution in [2.45, 2.75) is 25.0 Å². The number of likely N-dealkylation sites (tertiary alicyclic amines) is 1. The largest absolute Gasteiger partial charge is 0.391 e. The molecule has 30 heavy (non-hydrogen) atoms. The van der Waals surface area contributed by atoms with Crippen molar-refractivity contribution in [2.24, 2.45) is 11.8 Å². The van der Waals surface area contributed by atoms with E-state index in [9.17, 15) is 14.3 Å². The Morgan fingerprint density at radius 1 is 1.17 bits per heavy atom. The smallest absolute Gasteiger partial charge is 0.257 e. The van der Waals surface area contributed by atoms with Gasteiger partial charge in [-0.3, -0.25) is 14.8 Å². The molecule has 1 aromatic carbocycles. The molecule has 3 heterocycles. The Hall–Kier alpha value is -2.29. The molecule has 2 saturated heterocycles. The normalized spacial score (nSPS) is 29.7. The number of hydrogen-bond donors (Lipinski definition) is 2. The van der Waals surface area contributed by atoms with Crippen molar-refractivity contribution < 1.29 is 19.0 Å². The second kappa shape index (κ2) is 8.09. The van der Waals surface area contributed by atoms with Gasteiger partial charge in [0.25, 0.3) is 5.91 Å². The number of carbonyl (C=O) groups excluding carboxylic acids is 1. The summed E-state index contributed by atoms with van der Waals surface area (Å²) in [6.07, 6.45) is 2.71. The van der Waals surface area contributed by atoms with Crippen molar-refractivity contribution in [2.75, 3.05) is 39.4 Å². The predicted molar refractivity (Wildman–Crippen MR) is 108 cm³/mol. The maximum Gasteiger partial charge on any atom is 0.257 e. The number of aliphatic hydroxyl groups is 1. The first kappa shape index (κ1) is 19.7. The zero-order chi connectivity index (χ0) is 20.7. The second-order valence-electron chi connectivity index (χ2n) is 8.62. The summed E-state index contributed by atoms with van der Waals surface area (Å²) in [7, 11) is 0. The number of fused-ring (bicyclic) bond motifs is 1. The van der Waals surface area contributed by atoms with E-state index in [-0.39, 0.29) is 23.9 Å². The summed E-state index contributed by atoms with van der Waals surface area (Å²) in [6, 6.07) is 6.52. The summed E-state index contributed by atoms with van der Waals surface area (Å²) < 4.78 is 19.7. The molecule has 5 rings (SSSR count). The van der Waals surface area contributed by atoms with Crippen LogP contribution in [0.1, 0.15) is 23.2 Å². The van der Waals surface area contributed by atoms with Crippen molar-refractivity contribution in [3.05, 3.63) is 41.8 Å². The fraction of sp³-hybridized carbons (Fsp3) is 0.545. The fourth-order valence-corrected chi connectivity index (χ4v) is 5.36. The Labute approximate surface area is 174 Å². The number of aromatic nitrogens is 2. The first-order valence-corrected chi connectivity index (χ1v) is 10.7. The van der Waals surface area contributed by atoms with Gasteiger partial charge in [0.05, 0.1) is 36.8 Å². The molecule has 0 bridgehead atoms. The zero-order valence-electron chi connectivity index (χ0n) is 16.8. The lowest BCUT2D eigenvalue weighted by atomic mass is 9.77. The number of ether oxygens (including phenoxy) is 1. The Bertz CT molecular complexity index is 913. The summed E-state index contributed by atoms with van der Waals surface area (Å²) in [5.41, 5.74) is 1.15. The van der Waals surface area contributed by atoms with Gasteiger partial charge in [-0.05, 0) is 36.8 Å². The maximum atomic E-state index is 14.3. The second-order valence-corrected chi connectivity index (χ2v) is 8.62. The van der Waals surface area contributed by atoms with E-state index >= 15 is 0 Å². The molecule has 7 nitrogen and oxygen atoms in total. The number of halogens is 1. The molecule has 4 atom stereocenters. The van der Waals surface area contributed by atoms with E-state index in [1.165, 1.54) is 12.3 Å². The molecular formula is C22H27FN4O3. The minimum atomic E-state index is -0.387. The van der Waals surface area contributed by atoms with Gasteiger partial charge in [-0.15, -0.1) is 0 Å². The van der Waals surface area contributed by atoms with Gasteiger partial charge in [0.2, 0.25) is 0 Å². The number of hydrogen-bond acceptors (Lipinski definition) is 5. The topological polar surface area (TPSA) is 81.7 Å². The third kappa shape index (κ3) is 3.53. The highest BCUT2D eigenvalue weighted by atomic mass is 19.1. The van der Waals surface area contributed by atoms with Crippen LogP contribution >= 0.6 is 0 Å². The van der Waals surface area contributed by atoms with E-state index in [1.807, 2.05) is 4.90 Å². The van der Waals surface area contributed by atoms with E-state index in [1.54, 1.807) is 18.2 Å². The lowest BCUT2D eigenvalue weighted by Gasteiger charge is -2.43. The first-order valence-electron chi connectivity index (χ1n) is 10.7. The number of aliphatic hydroxyl groups excluding tert-OH is 1. The predicted octanol–water partition coefficient (Wildman–Crippen LogP) is 1.76. The van der Waals surface area contributed by atoms with Gasteiger partial charge >= 0.3 is 0 Å². The fourth-order valence-electron chi connectivity index (χ4n) is 5.36. The minimum Gasteiger partial charge on any atom is -0.391 e. The number of aromatic amines is 1. The van der Waals surface area contributed by atoms with Crippen LogP contribution in [0.4, 0.5) is 4.39 Å². The lowest BCUT2D eigenvalue weighted by molar-refractivity contribution is -0.0520. The molecule has 160 valence electrons. The van der Waals surface area contributed by atoms with Gasteiger partial charge < -0.3 is 14.7 Å². The molecule has 2 aliphatic heterocycles. The molecule has 0 unspecified atom stereocenters. The quantitative estimate of drug-likeness (QED) is 0.800. The highest BCUT2D eigenvalue weighted by Crippen LogP contribution is 2.39. The zero-order valence-corrected chi connectivity index (χ0v) is 16.8. The van der Waals surface area contributed by atoms with Crippen LogP contribution in [0.5, 0.6) is 0 Å². The van der Waals surface area contributed by atoms with Gasteiger partial charge in [-0.1, -0.05) is 12.1 Å². The average Bonchev–Trinajstić information content (AvgIpc) is 3.40. The Balaban J connectivity index is 1.32. The van der Waals surface area contributed by atoms with E-state index in [0.29, 0.717) is 61.4 Å². The number of nitrogens with one attached hydrogen (secondary N) is 1. The third-order valence-electron chi connectivity index (χ3n) is 6.92. The monoisotopic (exact) mass is 414 g/mol. The Morgan fingerprint density at radius 3 is 2.67 bits per heavy atom. The van der Waals surface area contributed by atoms with Crippen molar-refractivity contribution in [1.82, 2.24) is 20.0 Å². The Kier molecular flexibility index (Phi) is 5.30. The summed E-state index contributed by atoms with van der Waals surface area (Å²) in [4.78, 5) is 17.5. The third-order valence-corrected chi connectivity index (χ3v) is 6.92. The number of benzene rings is 1. The van der Waals surface area contributed by atoms with E-state index < -0.39 is 0 Å². The van der Waals surface area contributed by atoms with Gasteiger partial charge in [-0.2, -0.15) is 5.10 Å². The van der Waals surface area contributed by atoms with Crippen LogP contribution in [0.15, 0.2) is 30.5 Å². The molecule has 3 fully saturated rings. The highest BCUT2D eigenvalue weighted by molar-refractivity contribution is 6.00. The Morgan fingerprint density at radius 2 is 1.90 bits per heavy atom. The number of H-pyrrole nitrogens is 1. The molecule has 1 aliphatic carbocycles. The molecule has 8 heteroatoms. The van der Waals surface area contributed by atoms with Crippen molar-refractivity contribution in [3.63, 3.8) is 0 Å². The van der Waals surface area contributed by atoms with Gasteiger partial charge in [0.15, 0.2) is 0 Å². The van der Waals surface area contributed by atoms with Crippen LogP contribution in [0.25, 0.3) is 11.3 Å². The standard InChI is InChI=1S/C22H27FN4O3/c23-18-4-2-1-3-16(18)21-17(11-24-25-21)22(29)27-12-14-9-19(20(28)10-15(14)13-27)26-5-7-30-8-6-26/h1-4,11,14-15,19-20,28H,5-10,12-13H2,(H,24,25)/t14-,15+,19-,20-/m1/s1. The van der Waals surface area contributed by atoms with Crippen LogP contribution in [-0.4, -0.2) is 82.5 Å². The summed E-state index contributed by atoms with van der Waals surface area (Å²) >= 11 is 0. The number of amides is 1. The van der Waals surface area contributed by atoms with Crippen molar-refractivity contribution >= 4 is 5.91 Å². The SMILES string of the molecule is O=C(c1cn[nH]c1-c1ccccc1F)N1C[C@H]2C[C@@H](N3CCOCC3)[C@H](O)C[C@H]2C1. The molecule has 3 aliphatic rings. The van der Waals surface area contributed by atoms with Gasteiger partial charge in [0.1, 0.15) is 5.82 Å². The molecule has 1 aromatic heterocycles. The van der Waals surface area contributed by atoms with Gasteiger partial charge in [-0.25, -0.2) is 4.39 Å². The highest BCUT2D eigenvalue weighted by Gasteiger charge is 2.45. The van der Waals surface area contributed by atoms with E-state index in [2.05, 4.69) is 15.1 Å². The molecule has 1 saturated carbocycles. The molecular weight excluding hydrogens is 387 g/mol. The molecule has 1 amide bonds. The number of morpholine rings is 1. The summed E-state index contributed by atoms with van der Waals surface area (Å²) in [6.45, 7) is 4.41. The maximum absolute atomic E-state index is 14.3. The molecule has 0 radical (unpaired) electrons. The first-order chi connectivity index (χ1) is 14.6. The van der Waals surface area contributed by atoms with Crippen LogP contribution < -0.4 is 0 Å². The summed E-state index contributed by atoms with van der Waals surface area (Å²) in [5.74, 6) is 0.148. The van der Waals surface area contributed by atoms with Crippen LogP contribution in [0, 0.1) is 17.7 Å². The van der Waals surface area contributed by atoms with E-state index in [4.69, 9.17) is 4.74 Å². The van der Waals surface area contributed by atoms with E-state index in [0.717, 1.165) is 19.5 Å². The minimum absolute atomic E-state index is 0.131. The van der Waals surface area contributed by atoms with Crippen molar-refractivity contribution in [1.29, 1.82) is 0 Å². The average molecular weight is 414 g/mol. The number of nitrogens with zero attached hydrogens (tertiary/aromatic N) is 3. The molecule has 2 aromatic rings. The van der Waals surface area contributed by atoms with Crippen LogP contribution in [0.3, 0.4) is 0 Å². The lowest BCUT2D eigenvalue weighted by Crippen LogP contribution is -2.53. The van der Waals surface area contributed by atoms with Crippen molar-refractivity contribution in [3.8, 4) is 11.3 Å². The number of carbonyl (C=O) groups is 1. The van der Waals surface area contributed by atoms with Crippen LogP contribution in [-0.2, 0) is 4.74 Å². The summed E-state index contributed by atoms with van der Waals surface area (Å²) in [5, 5.41) is 17.6. The van der Waals surface area contributed by atoms with Crippen LogP contribution in [0.2, 0.25) is 0 Å². The van der Waals surface area contributed by atoms with Gasteiger partial charge in [0, 0.05) is 37.8 Å². The molecule has 2 N–H and O–H groups in total. The number of rotatable bonds is 3. The molecule has 0 spiro atoms.